The van der Waals surface area contributed by atoms with Crippen LogP contribution in [-0.2, 0) is 6.54 Å². The average molecular weight is 387 g/mol. The number of piperidine rings is 1. The summed E-state index contributed by atoms with van der Waals surface area (Å²) in [7, 11) is 0. The topological polar surface area (TPSA) is 85.8 Å². The molecule has 1 aliphatic rings. The summed E-state index contributed by atoms with van der Waals surface area (Å²) in [6, 6.07) is 8.08. The maximum atomic E-state index is 5.34. The minimum Gasteiger partial charge on any atom is -0.461 e. The normalized spacial score (nSPS) is 17.4. The van der Waals surface area contributed by atoms with Crippen LogP contribution in [0.15, 0.2) is 65.9 Å². The smallest absolute Gasteiger partial charge is 0.195 e. The third kappa shape index (κ3) is 3.93. The van der Waals surface area contributed by atoms with Crippen LogP contribution in [0.2, 0.25) is 0 Å². The molecule has 0 amide bonds. The van der Waals surface area contributed by atoms with Crippen molar-refractivity contribution in [2.24, 2.45) is 0 Å². The summed E-state index contributed by atoms with van der Waals surface area (Å²) < 4.78 is 7.31. The fourth-order valence-electron chi connectivity index (χ4n) is 3.72. The Labute approximate surface area is 168 Å². The van der Waals surface area contributed by atoms with E-state index < -0.39 is 0 Å². The van der Waals surface area contributed by atoms with Gasteiger partial charge in [0.05, 0.1) is 18.5 Å². The molecule has 0 aromatic carbocycles. The van der Waals surface area contributed by atoms with Gasteiger partial charge < -0.3 is 4.42 Å². The van der Waals surface area contributed by atoms with Crippen LogP contribution in [0.25, 0.3) is 22.8 Å². The zero-order chi connectivity index (χ0) is 19.5. The van der Waals surface area contributed by atoms with Gasteiger partial charge in [-0.2, -0.15) is 0 Å². The molecular weight excluding hydrogens is 366 g/mol. The van der Waals surface area contributed by atoms with Crippen molar-refractivity contribution in [2.45, 2.75) is 25.4 Å². The standard InChI is InChI=1S/C21H21N7O/c1-4-16(10-22-7-1)13-27-8-2-5-18(14-27)28-15-19(25-26-28)17-11-23-21(24-12-17)20-6-3-9-29-20/h1,3-4,6-7,9-12,15,18H,2,5,8,13-14H2. The Morgan fingerprint density at radius 2 is 2.03 bits per heavy atom. The Bertz CT molecular complexity index is 1040. The highest BCUT2D eigenvalue weighted by molar-refractivity contribution is 5.57. The second-order valence-corrected chi connectivity index (χ2v) is 7.25. The van der Waals surface area contributed by atoms with Crippen molar-refractivity contribution < 1.29 is 4.42 Å². The van der Waals surface area contributed by atoms with Gasteiger partial charge in [0, 0.05) is 43.4 Å². The Morgan fingerprint density at radius 1 is 1.10 bits per heavy atom. The maximum Gasteiger partial charge on any atom is 0.195 e. The molecule has 1 saturated heterocycles. The van der Waals surface area contributed by atoms with Crippen LogP contribution in [0.3, 0.4) is 0 Å². The van der Waals surface area contributed by atoms with Gasteiger partial charge in [-0.1, -0.05) is 11.3 Å². The number of pyridine rings is 1. The maximum absolute atomic E-state index is 5.34. The van der Waals surface area contributed by atoms with Gasteiger partial charge in [0.25, 0.3) is 0 Å². The highest BCUT2D eigenvalue weighted by Gasteiger charge is 2.23. The molecule has 0 saturated carbocycles. The van der Waals surface area contributed by atoms with Gasteiger partial charge in [-0.3, -0.25) is 9.88 Å². The van der Waals surface area contributed by atoms with E-state index in [2.05, 4.69) is 36.2 Å². The quantitative estimate of drug-likeness (QED) is 0.520. The molecule has 4 aromatic rings. The summed E-state index contributed by atoms with van der Waals surface area (Å²) in [6.07, 6.45) is 13.1. The molecule has 0 aliphatic carbocycles. The molecule has 0 spiro atoms. The number of hydrogen-bond acceptors (Lipinski definition) is 7. The van der Waals surface area contributed by atoms with Crippen molar-refractivity contribution in [3.63, 3.8) is 0 Å². The first-order valence-corrected chi connectivity index (χ1v) is 9.74. The number of rotatable bonds is 5. The highest BCUT2D eigenvalue weighted by Crippen LogP contribution is 2.24. The largest absolute Gasteiger partial charge is 0.461 e. The molecule has 0 N–H and O–H groups in total. The lowest BCUT2D eigenvalue weighted by atomic mass is 10.1. The van der Waals surface area contributed by atoms with Crippen molar-refractivity contribution in [2.75, 3.05) is 13.1 Å². The zero-order valence-corrected chi connectivity index (χ0v) is 15.9. The van der Waals surface area contributed by atoms with E-state index in [0.717, 1.165) is 43.7 Å². The summed E-state index contributed by atoms with van der Waals surface area (Å²) >= 11 is 0. The number of nitrogens with zero attached hydrogens (tertiary/aromatic N) is 7. The van der Waals surface area contributed by atoms with Gasteiger partial charge in [0.1, 0.15) is 5.69 Å². The Morgan fingerprint density at radius 3 is 2.83 bits per heavy atom. The Hall–Kier alpha value is -3.39. The second-order valence-electron chi connectivity index (χ2n) is 7.25. The van der Waals surface area contributed by atoms with Crippen LogP contribution in [0.4, 0.5) is 0 Å². The van der Waals surface area contributed by atoms with Gasteiger partial charge in [0.15, 0.2) is 11.6 Å². The summed E-state index contributed by atoms with van der Waals surface area (Å²) in [5.74, 6) is 1.21. The first-order chi connectivity index (χ1) is 14.3. The monoisotopic (exact) mass is 387 g/mol. The van der Waals surface area contributed by atoms with Crippen LogP contribution in [0.1, 0.15) is 24.4 Å². The number of aromatic nitrogens is 6. The number of likely N-dealkylation sites (tertiary alicyclic amines) is 1. The second kappa shape index (κ2) is 7.92. The first kappa shape index (κ1) is 17.7. The lowest BCUT2D eigenvalue weighted by Gasteiger charge is -2.32. The summed E-state index contributed by atoms with van der Waals surface area (Å²) in [5.41, 5.74) is 2.86. The molecule has 146 valence electrons. The van der Waals surface area contributed by atoms with Crippen molar-refractivity contribution in [3.8, 4) is 22.8 Å². The van der Waals surface area contributed by atoms with Gasteiger partial charge in [0.2, 0.25) is 0 Å². The molecule has 5 heterocycles. The van der Waals surface area contributed by atoms with Crippen molar-refractivity contribution in [3.05, 3.63) is 67.1 Å². The lowest BCUT2D eigenvalue weighted by molar-refractivity contribution is 0.161. The van der Waals surface area contributed by atoms with Crippen LogP contribution in [0, 0.1) is 0 Å². The predicted molar refractivity (Wildman–Crippen MR) is 107 cm³/mol. The van der Waals surface area contributed by atoms with Gasteiger partial charge in [-0.25, -0.2) is 14.6 Å². The van der Waals surface area contributed by atoms with Crippen LogP contribution < -0.4 is 0 Å². The van der Waals surface area contributed by atoms with E-state index in [-0.39, 0.29) is 0 Å². The fraction of sp³-hybridized carbons (Fsp3) is 0.286. The highest BCUT2D eigenvalue weighted by atomic mass is 16.3. The minimum atomic E-state index is 0.310. The van der Waals surface area contributed by atoms with E-state index in [9.17, 15) is 0 Å². The molecule has 1 aliphatic heterocycles. The molecule has 0 radical (unpaired) electrons. The van der Waals surface area contributed by atoms with Gasteiger partial charge in [-0.15, -0.1) is 5.10 Å². The van der Waals surface area contributed by atoms with Crippen molar-refractivity contribution in [1.29, 1.82) is 0 Å². The third-order valence-corrected chi connectivity index (χ3v) is 5.18. The summed E-state index contributed by atoms with van der Waals surface area (Å²) in [4.78, 5) is 15.4. The summed E-state index contributed by atoms with van der Waals surface area (Å²) in [6.45, 7) is 2.95. The molecule has 1 atom stereocenters. The molecule has 1 unspecified atom stereocenters. The van der Waals surface area contributed by atoms with Gasteiger partial charge in [-0.05, 0) is 43.1 Å². The molecule has 8 nitrogen and oxygen atoms in total. The molecule has 0 bridgehead atoms. The first-order valence-electron chi connectivity index (χ1n) is 9.74. The Kier molecular flexibility index (Phi) is 4.83. The van der Waals surface area contributed by atoms with Crippen LogP contribution in [-0.4, -0.2) is 47.9 Å². The molecule has 5 rings (SSSR count). The fourth-order valence-corrected chi connectivity index (χ4v) is 3.72. The molecule has 1 fully saturated rings. The molecular formula is C21H21N7O. The molecule has 29 heavy (non-hydrogen) atoms. The molecule has 8 heteroatoms. The SMILES string of the molecule is c1cncc(CN2CCCC(n3cc(-c4cnc(-c5ccco5)nc4)nn3)C2)c1. The average Bonchev–Trinajstić information content (AvgIpc) is 3.48. The van der Waals surface area contributed by atoms with E-state index >= 15 is 0 Å². The predicted octanol–water partition coefficient (Wildman–Crippen LogP) is 3.23. The van der Waals surface area contributed by atoms with E-state index in [1.54, 1.807) is 18.7 Å². The van der Waals surface area contributed by atoms with E-state index in [1.165, 1.54) is 5.56 Å². The van der Waals surface area contributed by atoms with Crippen molar-refractivity contribution in [1.82, 2.24) is 34.8 Å². The van der Waals surface area contributed by atoms with E-state index in [0.29, 0.717) is 17.6 Å². The Balaban J connectivity index is 1.28. The van der Waals surface area contributed by atoms with E-state index in [1.807, 2.05) is 41.5 Å². The van der Waals surface area contributed by atoms with Crippen molar-refractivity contribution >= 4 is 0 Å². The lowest BCUT2D eigenvalue weighted by Crippen LogP contribution is -2.36. The summed E-state index contributed by atoms with van der Waals surface area (Å²) in [5, 5.41) is 8.73. The number of furan rings is 1. The van der Waals surface area contributed by atoms with Crippen LogP contribution >= 0.6 is 0 Å². The number of hydrogen-bond donors (Lipinski definition) is 0. The van der Waals surface area contributed by atoms with Gasteiger partial charge >= 0.3 is 0 Å². The minimum absolute atomic E-state index is 0.310. The van der Waals surface area contributed by atoms with E-state index in [4.69, 9.17) is 4.42 Å². The zero-order valence-electron chi connectivity index (χ0n) is 15.9. The third-order valence-electron chi connectivity index (χ3n) is 5.18. The van der Waals surface area contributed by atoms with Crippen LogP contribution in [0.5, 0.6) is 0 Å². The molecule has 4 aromatic heterocycles.